The van der Waals surface area contributed by atoms with Crippen molar-refractivity contribution in [1.82, 2.24) is 20.5 Å². The number of nitrogen functional groups attached to an aromatic ring is 1. The van der Waals surface area contributed by atoms with Gasteiger partial charge in [-0.2, -0.15) is 5.10 Å². The van der Waals surface area contributed by atoms with E-state index < -0.39 is 4.92 Å². The van der Waals surface area contributed by atoms with E-state index >= 15 is 0 Å². The second-order valence-corrected chi connectivity index (χ2v) is 5.21. The molecule has 4 N–H and O–H groups in total. The number of carbonyl (C=O) groups excluding carboxylic acids is 1. The molecule has 9 nitrogen and oxygen atoms in total. The lowest BCUT2D eigenvalue weighted by Gasteiger charge is -2.03. The number of rotatable bonds is 5. The summed E-state index contributed by atoms with van der Waals surface area (Å²) in [7, 11) is 0. The highest BCUT2D eigenvalue weighted by atomic mass is 16.6. The zero-order chi connectivity index (χ0) is 17.8. The largest absolute Gasteiger partial charge is 0.399 e. The molecule has 0 saturated carbocycles. The SMILES string of the molecule is Nc1ccc(C(=O)NCc2nc(-c3ccc([N+](=O)[O-])cc3)n[nH]2)cc1. The Kier molecular flexibility index (Phi) is 4.38. The normalized spacial score (nSPS) is 10.4. The summed E-state index contributed by atoms with van der Waals surface area (Å²) in [4.78, 5) is 26.5. The lowest BCUT2D eigenvalue weighted by Crippen LogP contribution is -2.23. The second-order valence-electron chi connectivity index (χ2n) is 5.21. The number of nitrogens with zero attached hydrogens (tertiary/aromatic N) is 3. The molecule has 3 aromatic rings. The third-order valence-corrected chi connectivity index (χ3v) is 3.46. The van der Waals surface area contributed by atoms with Gasteiger partial charge in [0.05, 0.1) is 11.5 Å². The molecular formula is C16H14N6O3. The Hall–Kier alpha value is -3.75. The Morgan fingerprint density at radius 1 is 1.16 bits per heavy atom. The average molecular weight is 338 g/mol. The molecule has 1 aromatic heterocycles. The third kappa shape index (κ3) is 3.78. The fourth-order valence-corrected chi connectivity index (χ4v) is 2.14. The number of carbonyl (C=O) groups is 1. The molecule has 0 bridgehead atoms. The van der Waals surface area contributed by atoms with E-state index in [1.54, 1.807) is 36.4 Å². The number of non-ortho nitro benzene ring substituents is 1. The average Bonchev–Trinajstić information content (AvgIpc) is 3.09. The molecule has 0 aliphatic heterocycles. The quantitative estimate of drug-likeness (QED) is 0.369. The zero-order valence-electron chi connectivity index (χ0n) is 13.0. The maximum atomic E-state index is 12.0. The number of nitro benzene ring substituents is 1. The monoisotopic (exact) mass is 338 g/mol. The molecule has 0 spiro atoms. The van der Waals surface area contributed by atoms with Gasteiger partial charge in [0.25, 0.3) is 11.6 Å². The summed E-state index contributed by atoms with van der Waals surface area (Å²) < 4.78 is 0. The van der Waals surface area contributed by atoms with Gasteiger partial charge in [-0.3, -0.25) is 20.0 Å². The predicted molar refractivity (Wildman–Crippen MR) is 90.5 cm³/mol. The van der Waals surface area contributed by atoms with Gasteiger partial charge in [0, 0.05) is 28.9 Å². The molecule has 0 saturated heterocycles. The van der Waals surface area contributed by atoms with Crippen LogP contribution in [0.15, 0.2) is 48.5 Å². The first kappa shape index (κ1) is 16.1. The smallest absolute Gasteiger partial charge is 0.269 e. The van der Waals surface area contributed by atoms with Gasteiger partial charge >= 0.3 is 0 Å². The number of nitrogens with two attached hydrogens (primary N) is 1. The number of nitrogens with one attached hydrogen (secondary N) is 2. The zero-order valence-corrected chi connectivity index (χ0v) is 13.0. The Morgan fingerprint density at radius 2 is 1.84 bits per heavy atom. The molecule has 0 unspecified atom stereocenters. The second kappa shape index (κ2) is 6.79. The van der Waals surface area contributed by atoms with Crippen LogP contribution in [0.3, 0.4) is 0 Å². The lowest BCUT2D eigenvalue weighted by atomic mass is 10.2. The minimum atomic E-state index is -0.472. The van der Waals surface area contributed by atoms with Crippen LogP contribution in [0.2, 0.25) is 0 Å². The Balaban J connectivity index is 1.64. The number of benzene rings is 2. The van der Waals surface area contributed by atoms with Gasteiger partial charge in [-0.25, -0.2) is 4.98 Å². The van der Waals surface area contributed by atoms with Crippen molar-refractivity contribution in [2.24, 2.45) is 0 Å². The lowest BCUT2D eigenvalue weighted by molar-refractivity contribution is -0.384. The maximum Gasteiger partial charge on any atom is 0.269 e. The van der Waals surface area contributed by atoms with E-state index in [0.29, 0.717) is 28.5 Å². The van der Waals surface area contributed by atoms with Crippen LogP contribution in [-0.2, 0) is 6.54 Å². The van der Waals surface area contributed by atoms with Crippen LogP contribution in [0, 0.1) is 10.1 Å². The van der Waals surface area contributed by atoms with E-state index in [4.69, 9.17) is 5.73 Å². The Labute approximate surface area is 142 Å². The number of aromatic amines is 1. The van der Waals surface area contributed by atoms with Crippen LogP contribution in [0.5, 0.6) is 0 Å². The fourth-order valence-electron chi connectivity index (χ4n) is 2.14. The van der Waals surface area contributed by atoms with Crippen molar-refractivity contribution in [3.8, 4) is 11.4 Å². The van der Waals surface area contributed by atoms with Gasteiger partial charge in [0.2, 0.25) is 0 Å². The number of aromatic nitrogens is 3. The number of anilines is 1. The van der Waals surface area contributed by atoms with Gasteiger partial charge in [0.1, 0.15) is 5.82 Å². The summed E-state index contributed by atoms with van der Waals surface area (Å²) in [6.07, 6.45) is 0. The van der Waals surface area contributed by atoms with Crippen LogP contribution >= 0.6 is 0 Å². The number of amides is 1. The van der Waals surface area contributed by atoms with E-state index in [1.807, 2.05) is 0 Å². The Morgan fingerprint density at radius 3 is 2.48 bits per heavy atom. The number of nitro groups is 1. The van der Waals surface area contributed by atoms with E-state index in [9.17, 15) is 14.9 Å². The summed E-state index contributed by atoms with van der Waals surface area (Å²) in [5.41, 5.74) is 7.29. The van der Waals surface area contributed by atoms with Crippen LogP contribution in [0.1, 0.15) is 16.2 Å². The topological polar surface area (TPSA) is 140 Å². The predicted octanol–water partition coefficient (Wildman–Crippen LogP) is 1.89. The molecule has 0 aliphatic rings. The van der Waals surface area contributed by atoms with Crippen LogP contribution in [0.4, 0.5) is 11.4 Å². The fraction of sp³-hybridized carbons (Fsp3) is 0.0625. The van der Waals surface area contributed by atoms with Crippen molar-refractivity contribution < 1.29 is 9.72 Å². The summed E-state index contributed by atoms with van der Waals surface area (Å²) in [5, 5.41) is 20.2. The van der Waals surface area contributed by atoms with E-state index in [1.165, 1.54) is 12.1 Å². The highest BCUT2D eigenvalue weighted by Crippen LogP contribution is 2.19. The van der Waals surface area contributed by atoms with Crippen molar-refractivity contribution in [2.45, 2.75) is 6.54 Å². The molecule has 9 heteroatoms. The van der Waals surface area contributed by atoms with Gasteiger partial charge in [-0.15, -0.1) is 0 Å². The van der Waals surface area contributed by atoms with Crippen molar-refractivity contribution in [2.75, 3.05) is 5.73 Å². The van der Waals surface area contributed by atoms with Crippen molar-refractivity contribution in [1.29, 1.82) is 0 Å². The number of hydrogen-bond acceptors (Lipinski definition) is 6. The Bertz CT molecular complexity index is 902. The molecule has 126 valence electrons. The standard InChI is InChI=1S/C16H14N6O3/c17-12-5-1-11(2-6-12)16(23)18-9-14-19-15(21-20-14)10-3-7-13(8-4-10)22(24)25/h1-8H,9,17H2,(H,18,23)(H,19,20,21). The molecule has 0 radical (unpaired) electrons. The molecule has 1 heterocycles. The van der Waals surface area contributed by atoms with E-state index in [0.717, 1.165) is 0 Å². The first-order valence-electron chi connectivity index (χ1n) is 7.33. The first-order chi connectivity index (χ1) is 12.0. The third-order valence-electron chi connectivity index (χ3n) is 3.46. The number of hydrogen-bond donors (Lipinski definition) is 3. The molecule has 0 aliphatic carbocycles. The van der Waals surface area contributed by atoms with Crippen molar-refractivity contribution >= 4 is 17.3 Å². The summed E-state index contributed by atoms with van der Waals surface area (Å²) in [6, 6.07) is 12.5. The molecule has 3 rings (SSSR count). The van der Waals surface area contributed by atoms with Gasteiger partial charge in [-0.1, -0.05) is 0 Å². The summed E-state index contributed by atoms with van der Waals surface area (Å²) in [5.74, 6) is 0.608. The summed E-state index contributed by atoms with van der Waals surface area (Å²) >= 11 is 0. The van der Waals surface area contributed by atoms with Crippen LogP contribution in [-0.4, -0.2) is 26.0 Å². The minimum absolute atomic E-state index is 0.00438. The maximum absolute atomic E-state index is 12.0. The van der Waals surface area contributed by atoms with Crippen molar-refractivity contribution in [3.05, 3.63) is 70.0 Å². The summed E-state index contributed by atoms with van der Waals surface area (Å²) in [6.45, 7) is 0.170. The first-order valence-corrected chi connectivity index (χ1v) is 7.33. The minimum Gasteiger partial charge on any atom is -0.399 e. The van der Waals surface area contributed by atoms with Crippen LogP contribution < -0.4 is 11.1 Å². The van der Waals surface area contributed by atoms with E-state index in [-0.39, 0.29) is 18.1 Å². The highest BCUT2D eigenvalue weighted by molar-refractivity contribution is 5.94. The van der Waals surface area contributed by atoms with Gasteiger partial charge < -0.3 is 11.1 Å². The highest BCUT2D eigenvalue weighted by Gasteiger charge is 2.10. The van der Waals surface area contributed by atoms with Crippen molar-refractivity contribution in [3.63, 3.8) is 0 Å². The van der Waals surface area contributed by atoms with E-state index in [2.05, 4.69) is 20.5 Å². The van der Waals surface area contributed by atoms with Gasteiger partial charge in [0.15, 0.2) is 5.82 Å². The molecule has 1 amide bonds. The number of H-pyrrole nitrogens is 1. The molecule has 25 heavy (non-hydrogen) atoms. The van der Waals surface area contributed by atoms with Gasteiger partial charge in [-0.05, 0) is 36.4 Å². The molecule has 0 fully saturated rings. The van der Waals surface area contributed by atoms with Crippen LogP contribution in [0.25, 0.3) is 11.4 Å². The molecule has 0 atom stereocenters. The molecular weight excluding hydrogens is 324 g/mol. The molecule has 2 aromatic carbocycles.